The maximum absolute atomic E-state index is 10.3. The third kappa shape index (κ3) is 2.87. The minimum Gasteiger partial charge on any atom is -0.478 e. The maximum atomic E-state index is 10.3. The highest BCUT2D eigenvalue weighted by molar-refractivity contribution is 8.03. The van der Waals surface area contributed by atoms with Crippen molar-refractivity contribution in [2.45, 2.75) is 49.9 Å². The first-order valence-electron chi connectivity index (χ1n) is 5.44. The molecule has 1 aliphatic heterocycles. The Bertz CT molecular complexity index is 262. The van der Waals surface area contributed by atoms with Gasteiger partial charge in [0.2, 0.25) is 5.09 Å². The molecule has 0 aromatic carbocycles. The Morgan fingerprint density at radius 1 is 1.33 bits per heavy atom. The number of hydrogen-bond donors (Lipinski definition) is 0. The molecule has 0 bridgehead atoms. The number of fused-ring (bicyclic) bond motifs is 1. The summed E-state index contributed by atoms with van der Waals surface area (Å²) in [7, 11) is 0. The molecule has 1 saturated heterocycles. The molecule has 2 fully saturated rings. The van der Waals surface area contributed by atoms with Gasteiger partial charge in [-0.2, -0.15) is 0 Å². The van der Waals surface area contributed by atoms with Crippen molar-refractivity contribution in [3.63, 3.8) is 0 Å². The fourth-order valence-corrected chi connectivity index (χ4v) is 3.41. The number of hydrogen-bond acceptors (Lipinski definition) is 4. The van der Waals surface area contributed by atoms with Gasteiger partial charge < -0.3 is 4.74 Å². The van der Waals surface area contributed by atoms with E-state index < -0.39 is 4.92 Å². The van der Waals surface area contributed by atoms with E-state index in [1.54, 1.807) is 11.8 Å². The van der Waals surface area contributed by atoms with Gasteiger partial charge in [-0.25, -0.2) is 0 Å². The number of nitrogens with zero attached hydrogens (tertiary/aromatic N) is 1. The van der Waals surface area contributed by atoms with E-state index >= 15 is 0 Å². The zero-order chi connectivity index (χ0) is 10.7. The summed E-state index contributed by atoms with van der Waals surface area (Å²) in [5.74, 6) is 0. The van der Waals surface area contributed by atoms with Gasteiger partial charge in [-0.15, -0.1) is 0 Å². The topological polar surface area (TPSA) is 52.4 Å². The molecule has 2 aliphatic rings. The molecular weight excluding hydrogens is 214 g/mol. The molecule has 2 unspecified atom stereocenters. The first-order chi connectivity index (χ1) is 7.25. The molecule has 1 saturated carbocycles. The normalized spacial score (nSPS) is 34.0. The smallest absolute Gasteiger partial charge is 0.282 e. The molecule has 2 rings (SSSR count). The quantitative estimate of drug-likeness (QED) is 0.512. The highest BCUT2D eigenvalue weighted by Crippen LogP contribution is 2.41. The van der Waals surface area contributed by atoms with Crippen LogP contribution in [0.2, 0.25) is 0 Å². The fourth-order valence-electron chi connectivity index (χ4n) is 2.16. The van der Waals surface area contributed by atoms with Gasteiger partial charge in [0, 0.05) is 5.25 Å². The largest absolute Gasteiger partial charge is 0.478 e. The van der Waals surface area contributed by atoms with Crippen LogP contribution in [0.4, 0.5) is 0 Å². The second kappa shape index (κ2) is 4.88. The summed E-state index contributed by atoms with van der Waals surface area (Å²) >= 11 is 1.54. The molecule has 0 aromatic rings. The van der Waals surface area contributed by atoms with Crippen molar-refractivity contribution in [2.75, 3.05) is 0 Å². The van der Waals surface area contributed by atoms with E-state index in [0.717, 1.165) is 19.0 Å². The van der Waals surface area contributed by atoms with E-state index in [-0.39, 0.29) is 6.10 Å². The Kier molecular flexibility index (Phi) is 3.51. The SMILES string of the molecule is O=[N+]([O-])/C=C1/OC2CCCCCCC2S1. The summed E-state index contributed by atoms with van der Waals surface area (Å²) in [6, 6.07) is 0. The molecule has 15 heavy (non-hydrogen) atoms. The maximum Gasteiger partial charge on any atom is 0.282 e. The van der Waals surface area contributed by atoms with Crippen molar-refractivity contribution < 1.29 is 9.66 Å². The first kappa shape index (κ1) is 10.8. The minimum atomic E-state index is -0.429. The van der Waals surface area contributed by atoms with Crippen LogP contribution in [0.1, 0.15) is 38.5 Å². The molecule has 1 heterocycles. The molecule has 5 heteroatoms. The van der Waals surface area contributed by atoms with Crippen molar-refractivity contribution in [1.29, 1.82) is 0 Å². The van der Waals surface area contributed by atoms with Crippen molar-refractivity contribution >= 4 is 11.8 Å². The lowest BCUT2D eigenvalue weighted by Gasteiger charge is -2.19. The average molecular weight is 229 g/mol. The van der Waals surface area contributed by atoms with E-state index in [1.165, 1.54) is 25.7 Å². The van der Waals surface area contributed by atoms with Crippen molar-refractivity contribution in [3.8, 4) is 0 Å². The van der Waals surface area contributed by atoms with Crippen LogP contribution in [0, 0.1) is 10.1 Å². The van der Waals surface area contributed by atoms with Gasteiger partial charge in [0.15, 0.2) is 0 Å². The van der Waals surface area contributed by atoms with E-state index in [9.17, 15) is 10.1 Å². The number of rotatable bonds is 1. The highest BCUT2D eigenvalue weighted by Gasteiger charge is 2.34. The first-order valence-corrected chi connectivity index (χ1v) is 6.32. The van der Waals surface area contributed by atoms with Gasteiger partial charge in [-0.05, 0) is 19.3 Å². The predicted octanol–water partition coefficient (Wildman–Crippen LogP) is 2.92. The number of nitro groups is 1. The van der Waals surface area contributed by atoms with Crippen LogP contribution in [0.25, 0.3) is 0 Å². The molecule has 0 amide bonds. The molecule has 0 radical (unpaired) electrons. The third-order valence-corrected chi connectivity index (χ3v) is 4.16. The Hall–Kier alpha value is -0.710. The summed E-state index contributed by atoms with van der Waals surface area (Å²) < 4.78 is 5.59. The highest BCUT2D eigenvalue weighted by atomic mass is 32.2. The molecule has 1 aliphatic carbocycles. The van der Waals surface area contributed by atoms with Crippen molar-refractivity contribution in [3.05, 3.63) is 21.4 Å². The Morgan fingerprint density at radius 3 is 2.80 bits per heavy atom. The molecule has 2 atom stereocenters. The predicted molar refractivity (Wildman–Crippen MR) is 59.0 cm³/mol. The number of ether oxygens (including phenoxy) is 1. The van der Waals surface area contributed by atoms with E-state index in [2.05, 4.69) is 0 Å². The lowest BCUT2D eigenvalue weighted by Crippen LogP contribution is -2.20. The average Bonchev–Trinajstić information content (AvgIpc) is 2.46. The lowest BCUT2D eigenvalue weighted by molar-refractivity contribution is -0.404. The summed E-state index contributed by atoms with van der Waals surface area (Å²) in [5, 5.41) is 11.3. The monoisotopic (exact) mass is 229 g/mol. The van der Waals surface area contributed by atoms with E-state index in [4.69, 9.17) is 4.74 Å². The lowest BCUT2D eigenvalue weighted by atomic mass is 9.98. The van der Waals surface area contributed by atoms with Gasteiger partial charge in [-0.1, -0.05) is 31.0 Å². The van der Waals surface area contributed by atoms with Gasteiger partial charge in [0.05, 0.1) is 4.92 Å². The molecule has 0 aromatic heterocycles. The van der Waals surface area contributed by atoms with Crippen LogP contribution in [0.5, 0.6) is 0 Å². The summed E-state index contributed by atoms with van der Waals surface area (Å²) in [5.41, 5.74) is 0. The van der Waals surface area contributed by atoms with Crippen LogP contribution in [-0.4, -0.2) is 16.3 Å². The molecule has 4 nitrogen and oxygen atoms in total. The number of thioether (sulfide) groups is 1. The summed E-state index contributed by atoms with van der Waals surface area (Å²) in [6.45, 7) is 0. The second-order valence-corrected chi connectivity index (χ2v) is 5.28. The molecule has 0 N–H and O–H groups in total. The molecule has 84 valence electrons. The fraction of sp³-hybridized carbons (Fsp3) is 0.800. The van der Waals surface area contributed by atoms with Gasteiger partial charge in [0.25, 0.3) is 6.20 Å². The van der Waals surface area contributed by atoms with Crippen LogP contribution < -0.4 is 0 Å². The van der Waals surface area contributed by atoms with E-state index in [0.29, 0.717) is 10.3 Å². The van der Waals surface area contributed by atoms with Gasteiger partial charge in [0.1, 0.15) is 6.10 Å². The second-order valence-electron chi connectivity index (χ2n) is 4.04. The van der Waals surface area contributed by atoms with Gasteiger partial charge >= 0.3 is 0 Å². The standard InChI is InChI=1S/C10H15NO3S/c12-11(13)7-10-14-8-5-3-1-2-4-6-9(8)15-10/h7-9H,1-6H2/b10-7-. The molecule has 0 spiro atoms. The minimum absolute atomic E-state index is 0.210. The van der Waals surface area contributed by atoms with Crippen molar-refractivity contribution in [2.24, 2.45) is 0 Å². The zero-order valence-electron chi connectivity index (χ0n) is 8.55. The van der Waals surface area contributed by atoms with Crippen molar-refractivity contribution in [1.82, 2.24) is 0 Å². The Labute approximate surface area is 93.2 Å². The Morgan fingerprint density at radius 2 is 2.07 bits per heavy atom. The third-order valence-electron chi connectivity index (χ3n) is 2.89. The van der Waals surface area contributed by atoms with Crippen LogP contribution >= 0.6 is 11.8 Å². The Balaban J connectivity index is 1.99. The summed E-state index contributed by atoms with van der Waals surface area (Å²) in [4.78, 5) is 9.90. The van der Waals surface area contributed by atoms with Crippen LogP contribution in [0.15, 0.2) is 11.3 Å². The van der Waals surface area contributed by atoms with Crippen LogP contribution in [-0.2, 0) is 4.74 Å². The van der Waals surface area contributed by atoms with Gasteiger partial charge in [-0.3, -0.25) is 10.1 Å². The zero-order valence-corrected chi connectivity index (χ0v) is 9.37. The van der Waals surface area contributed by atoms with Crippen LogP contribution in [0.3, 0.4) is 0 Å². The summed E-state index contributed by atoms with van der Waals surface area (Å²) in [6.07, 6.45) is 8.36. The van der Waals surface area contributed by atoms with E-state index in [1.807, 2.05) is 0 Å². The molecular formula is C10H15NO3S.